The van der Waals surface area contributed by atoms with Crippen molar-refractivity contribution in [2.75, 3.05) is 13.4 Å². The van der Waals surface area contributed by atoms with Crippen LogP contribution in [0.2, 0.25) is 0 Å². The van der Waals surface area contributed by atoms with E-state index in [4.69, 9.17) is 14.2 Å². The van der Waals surface area contributed by atoms with Crippen LogP contribution < -0.4 is 14.2 Å². The highest BCUT2D eigenvalue weighted by Crippen LogP contribution is 2.35. The molecule has 0 fully saturated rings. The molecule has 0 unspecified atom stereocenters. The molecule has 0 saturated heterocycles. The minimum absolute atomic E-state index is 0.108. The van der Waals surface area contributed by atoms with Crippen molar-refractivity contribution in [1.29, 1.82) is 0 Å². The highest BCUT2D eigenvalue weighted by atomic mass is 19.4. The second-order valence-electron chi connectivity index (χ2n) is 3.54. The summed E-state index contributed by atoms with van der Waals surface area (Å²) in [6.07, 6.45) is 0. The van der Waals surface area contributed by atoms with Gasteiger partial charge in [-0.25, -0.2) is 0 Å². The molecule has 0 amide bonds. The van der Waals surface area contributed by atoms with Crippen molar-refractivity contribution in [2.24, 2.45) is 0 Å². The average molecular weight is 245 g/mol. The monoisotopic (exact) mass is 245 g/mol. The number of fused-ring (bicyclic) bond motifs is 1. The Bertz CT molecular complexity index is 445. The smallest absolute Gasteiger partial charge is 0.492 e. The van der Waals surface area contributed by atoms with Crippen LogP contribution in [0.25, 0.3) is 0 Å². The SMILES string of the molecule is C=C(COc1ccc2c(c1)OCO2)[B-](F)(F)F. The van der Waals surface area contributed by atoms with Crippen LogP contribution in [0.5, 0.6) is 17.2 Å². The molecule has 0 N–H and O–H groups in total. The summed E-state index contributed by atoms with van der Waals surface area (Å²) in [4.78, 5) is 0. The number of benzene rings is 1. The predicted molar refractivity (Wildman–Crippen MR) is 56.3 cm³/mol. The molecule has 1 aliphatic rings. The van der Waals surface area contributed by atoms with Gasteiger partial charge in [0.1, 0.15) is 5.75 Å². The Hall–Kier alpha value is -1.79. The quantitative estimate of drug-likeness (QED) is 0.763. The van der Waals surface area contributed by atoms with Crippen molar-refractivity contribution in [1.82, 2.24) is 0 Å². The molecule has 17 heavy (non-hydrogen) atoms. The zero-order valence-corrected chi connectivity index (χ0v) is 8.79. The maximum atomic E-state index is 12.2. The summed E-state index contributed by atoms with van der Waals surface area (Å²) >= 11 is 0. The molecule has 0 atom stereocenters. The molecule has 0 aromatic heterocycles. The molecule has 2 rings (SSSR count). The van der Waals surface area contributed by atoms with Crippen molar-refractivity contribution in [2.45, 2.75) is 0 Å². The Kier molecular flexibility index (Phi) is 2.91. The zero-order chi connectivity index (χ0) is 12.5. The van der Waals surface area contributed by atoms with E-state index in [1.54, 1.807) is 6.07 Å². The molecule has 92 valence electrons. The van der Waals surface area contributed by atoms with Gasteiger partial charge in [0.15, 0.2) is 11.5 Å². The molecule has 0 aliphatic carbocycles. The van der Waals surface area contributed by atoms with Gasteiger partial charge in [0.25, 0.3) is 0 Å². The molecule has 1 aromatic carbocycles. The highest BCUT2D eigenvalue weighted by Gasteiger charge is 2.27. The Balaban J connectivity index is 1.98. The molecule has 0 bridgehead atoms. The van der Waals surface area contributed by atoms with Gasteiger partial charge in [0.05, 0.1) is 6.61 Å². The van der Waals surface area contributed by atoms with Crippen molar-refractivity contribution >= 4 is 6.98 Å². The predicted octanol–water partition coefficient (Wildman–Crippen LogP) is 2.74. The highest BCUT2D eigenvalue weighted by molar-refractivity contribution is 6.66. The van der Waals surface area contributed by atoms with Crippen LogP contribution in [-0.2, 0) is 0 Å². The molecule has 1 aromatic rings. The topological polar surface area (TPSA) is 27.7 Å². The molecule has 0 spiro atoms. The first-order chi connectivity index (χ1) is 7.97. The van der Waals surface area contributed by atoms with Gasteiger partial charge >= 0.3 is 6.98 Å². The first-order valence-corrected chi connectivity index (χ1v) is 4.87. The third-order valence-electron chi connectivity index (χ3n) is 2.23. The zero-order valence-electron chi connectivity index (χ0n) is 8.79. The van der Waals surface area contributed by atoms with E-state index in [2.05, 4.69) is 6.58 Å². The van der Waals surface area contributed by atoms with Crippen LogP contribution in [0, 0.1) is 0 Å². The van der Waals surface area contributed by atoms with Crippen LogP contribution in [0.4, 0.5) is 12.9 Å². The third kappa shape index (κ3) is 2.66. The summed E-state index contributed by atoms with van der Waals surface area (Å²) in [5.74, 6) is 1.30. The van der Waals surface area contributed by atoms with Crippen molar-refractivity contribution < 1.29 is 27.2 Å². The number of rotatable bonds is 4. The summed E-state index contributed by atoms with van der Waals surface area (Å²) in [5, 5.41) is 0. The lowest BCUT2D eigenvalue weighted by Crippen LogP contribution is -2.23. The minimum Gasteiger partial charge on any atom is -0.492 e. The fourth-order valence-electron chi connectivity index (χ4n) is 1.24. The molecular weight excluding hydrogens is 236 g/mol. The van der Waals surface area contributed by atoms with Gasteiger partial charge < -0.3 is 27.2 Å². The standard InChI is InChI=1S/C10H9BF3O3/c1-7(11(12,13)14)5-15-8-2-3-9-10(4-8)17-6-16-9/h2-4H,1,5-6H2/q-1. The minimum atomic E-state index is -5.05. The van der Waals surface area contributed by atoms with E-state index in [0.717, 1.165) is 0 Å². The number of hydrogen-bond donors (Lipinski definition) is 0. The maximum absolute atomic E-state index is 12.2. The Morgan fingerprint density at radius 3 is 2.71 bits per heavy atom. The van der Waals surface area contributed by atoms with E-state index in [1.807, 2.05) is 0 Å². The van der Waals surface area contributed by atoms with Gasteiger partial charge in [-0.1, -0.05) is 0 Å². The second-order valence-corrected chi connectivity index (χ2v) is 3.54. The molecular formula is C10H9BF3O3-. The number of hydrogen-bond acceptors (Lipinski definition) is 3. The summed E-state index contributed by atoms with van der Waals surface area (Å²) in [6.45, 7) is -2.59. The maximum Gasteiger partial charge on any atom is 0.508 e. The molecule has 1 aliphatic heterocycles. The van der Waals surface area contributed by atoms with Gasteiger partial charge in [0.2, 0.25) is 6.79 Å². The molecule has 1 heterocycles. The molecule has 3 nitrogen and oxygen atoms in total. The summed E-state index contributed by atoms with van der Waals surface area (Å²) < 4.78 is 51.7. The fourth-order valence-corrected chi connectivity index (χ4v) is 1.24. The van der Waals surface area contributed by atoms with Gasteiger partial charge in [-0.3, -0.25) is 0 Å². The summed E-state index contributed by atoms with van der Waals surface area (Å²) in [5.41, 5.74) is -0.873. The lowest BCUT2D eigenvalue weighted by Gasteiger charge is -2.18. The van der Waals surface area contributed by atoms with E-state index < -0.39 is 19.1 Å². The number of halogens is 3. The van der Waals surface area contributed by atoms with E-state index >= 15 is 0 Å². The van der Waals surface area contributed by atoms with E-state index in [1.165, 1.54) is 12.1 Å². The van der Waals surface area contributed by atoms with Crippen molar-refractivity contribution in [3.05, 3.63) is 30.3 Å². The lowest BCUT2D eigenvalue weighted by atomic mass is 9.81. The van der Waals surface area contributed by atoms with Crippen LogP contribution >= 0.6 is 0 Å². The van der Waals surface area contributed by atoms with Crippen LogP contribution in [-0.4, -0.2) is 20.4 Å². The third-order valence-corrected chi connectivity index (χ3v) is 2.23. The first kappa shape index (κ1) is 11.7. The Labute approximate surface area is 95.8 Å². The van der Waals surface area contributed by atoms with Crippen molar-refractivity contribution in [3.63, 3.8) is 0 Å². The van der Waals surface area contributed by atoms with Crippen molar-refractivity contribution in [3.8, 4) is 17.2 Å². The summed E-state index contributed by atoms with van der Waals surface area (Å²) in [7, 11) is 0. The van der Waals surface area contributed by atoms with Crippen LogP contribution in [0.15, 0.2) is 30.3 Å². The second kappa shape index (κ2) is 4.23. The van der Waals surface area contributed by atoms with Crippen LogP contribution in [0.1, 0.15) is 0 Å². The molecule has 7 heteroatoms. The largest absolute Gasteiger partial charge is 0.508 e. The molecule has 0 radical (unpaired) electrons. The fraction of sp³-hybridized carbons (Fsp3) is 0.200. The van der Waals surface area contributed by atoms with Gasteiger partial charge in [-0.2, -0.15) is 0 Å². The van der Waals surface area contributed by atoms with Crippen LogP contribution in [0.3, 0.4) is 0 Å². The van der Waals surface area contributed by atoms with E-state index in [-0.39, 0.29) is 12.5 Å². The average Bonchev–Trinajstić information content (AvgIpc) is 2.71. The van der Waals surface area contributed by atoms with Gasteiger partial charge in [-0.05, 0) is 12.1 Å². The van der Waals surface area contributed by atoms with Gasteiger partial charge in [0, 0.05) is 6.07 Å². The lowest BCUT2D eigenvalue weighted by molar-refractivity contribution is 0.174. The normalized spacial score (nSPS) is 13.6. The summed E-state index contributed by atoms with van der Waals surface area (Å²) in [6, 6.07) is 4.59. The number of ether oxygens (including phenoxy) is 3. The van der Waals surface area contributed by atoms with Gasteiger partial charge in [-0.15, -0.1) is 12.1 Å². The first-order valence-electron chi connectivity index (χ1n) is 4.87. The Morgan fingerprint density at radius 2 is 2.00 bits per heavy atom. The van der Waals surface area contributed by atoms with E-state index in [9.17, 15) is 12.9 Å². The Morgan fingerprint density at radius 1 is 1.29 bits per heavy atom. The van der Waals surface area contributed by atoms with E-state index in [0.29, 0.717) is 11.5 Å². The molecule has 0 saturated carbocycles.